The second kappa shape index (κ2) is 9.59. The molecule has 1 aromatic heterocycles. The Balaban J connectivity index is 0.00000141. The summed E-state index contributed by atoms with van der Waals surface area (Å²) >= 11 is 0. The molecule has 0 bridgehead atoms. The van der Waals surface area contributed by atoms with Crippen molar-refractivity contribution < 1.29 is 29.0 Å². The number of pyridine rings is 1. The zero-order valence-electron chi connectivity index (χ0n) is 16.2. The van der Waals surface area contributed by atoms with E-state index in [0.29, 0.717) is 11.5 Å². The fraction of sp³-hybridized carbons (Fsp3) is 0.529. The number of aliphatic carboxylic acids is 1. The monoisotopic (exact) mass is 369 g/mol. The predicted molar refractivity (Wildman–Crippen MR) is 97.3 cm³/mol. The van der Waals surface area contributed by atoms with Crippen LogP contribution in [-0.4, -0.2) is 39.4 Å². The van der Waals surface area contributed by atoms with Crippen molar-refractivity contribution in [1.29, 1.82) is 0 Å². The number of hydrogen-bond acceptors (Lipinski definition) is 6. The van der Waals surface area contributed by atoms with E-state index in [1.807, 2.05) is 0 Å². The Hall–Kier alpha value is -2.84. The third-order valence-electron chi connectivity index (χ3n) is 2.04. The van der Waals surface area contributed by atoms with Crippen molar-refractivity contribution in [2.24, 2.45) is 0 Å². The van der Waals surface area contributed by atoms with E-state index in [2.05, 4.69) is 15.6 Å². The van der Waals surface area contributed by atoms with Crippen LogP contribution < -0.4 is 10.6 Å². The van der Waals surface area contributed by atoms with E-state index in [0.717, 1.165) is 6.92 Å². The van der Waals surface area contributed by atoms with Gasteiger partial charge in [-0.3, -0.25) is 15.4 Å². The number of ether oxygens (including phenoxy) is 2. The second-order valence-corrected chi connectivity index (χ2v) is 7.20. The Bertz CT molecular complexity index is 562. The number of aromatic nitrogens is 1. The molecule has 0 saturated heterocycles. The number of amides is 2. The lowest BCUT2D eigenvalue weighted by atomic mass is 10.2. The molecule has 0 spiro atoms. The molecule has 2 amide bonds. The van der Waals surface area contributed by atoms with Crippen LogP contribution in [0, 0.1) is 0 Å². The lowest BCUT2D eigenvalue weighted by Gasteiger charge is -2.20. The average molecular weight is 369 g/mol. The van der Waals surface area contributed by atoms with Gasteiger partial charge in [-0.2, -0.15) is 0 Å². The van der Waals surface area contributed by atoms with Crippen molar-refractivity contribution in [2.75, 3.05) is 10.6 Å². The number of anilines is 2. The third kappa shape index (κ3) is 13.6. The van der Waals surface area contributed by atoms with E-state index < -0.39 is 29.4 Å². The van der Waals surface area contributed by atoms with E-state index in [-0.39, 0.29) is 0 Å². The van der Waals surface area contributed by atoms with Crippen molar-refractivity contribution in [3.05, 3.63) is 18.3 Å². The molecule has 0 unspecified atom stereocenters. The van der Waals surface area contributed by atoms with Crippen LogP contribution in [0.4, 0.5) is 21.1 Å². The van der Waals surface area contributed by atoms with Gasteiger partial charge in [0.25, 0.3) is 5.97 Å². The van der Waals surface area contributed by atoms with E-state index in [9.17, 15) is 9.59 Å². The minimum atomic E-state index is -0.833. The predicted octanol–water partition coefficient (Wildman–Crippen LogP) is 3.87. The first-order valence-corrected chi connectivity index (χ1v) is 7.83. The highest BCUT2D eigenvalue weighted by molar-refractivity contribution is 5.86. The van der Waals surface area contributed by atoms with Gasteiger partial charge < -0.3 is 14.6 Å². The number of carbonyl (C=O) groups is 3. The normalized spacial score (nSPS) is 10.7. The molecule has 1 rings (SSSR count). The van der Waals surface area contributed by atoms with Crippen molar-refractivity contribution in [3.8, 4) is 0 Å². The topological polar surface area (TPSA) is 127 Å². The van der Waals surface area contributed by atoms with E-state index in [1.54, 1.807) is 53.7 Å². The second-order valence-electron chi connectivity index (χ2n) is 7.20. The molecule has 3 N–H and O–H groups in total. The summed E-state index contributed by atoms with van der Waals surface area (Å²) in [4.78, 5) is 36.2. The number of carboxylic acids is 1. The molecule has 0 fully saturated rings. The van der Waals surface area contributed by atoms with Crippen LogP contribution >= 0.6 is 0 Å². The highest BCUT2D eigenvalue weighted by Gasteiger charge is 2.17. The summed E-state index contributed by atoms with van der Waals surface area (Å²) in [6.07, 6.45) is 0.256. The molecule has 9 nitrogen and oxygen atoms in total. The average Bonchev–Trinajstić information content (AvgIpc) is 2.35. The number of hydrogen-bond donors (Lipinski definition) is 3. The van der Waals surface area contributed by atoms with Gasteiger partial charge in [0.2, 0.25) is 0 Å². The molecular weight excluding hydrogens is 342 g/mol. The summed E-state index contributed by atoms with van der Waals surface area (Å²) in [6.45, 7) is 11.7. The number of nitrogens with one attached hydrogen (secondary N) is 2. The van der Waals surface area contributed by atoms with Crippen LogP contribution in [0.3, 0.4) is 0 Å². The fourth-order valence-corrected chi connectivity index (χ4v) is 1.37. The van der Waals surface area contributed by atoms with Crippen molar-refractivity contribution in [3.63, 3.8) is 0 Å². The Morgan fingerprint density at radius 2 is 1.35 bits per heavy atom. The highest BCUT2D eigenvalue weighted by atomic mass is 16.6. The maximum Gasteiger partial charge on any atom is 0.413 e. The van der Waals surface area contributed by atoms with Gasteiger partial charge in [0.05, 0.1) is 11.9 Å². The minimum Gasteiger partial charge on any atom is -0.481 e. The van der Waals surface area contributed by atoms with E-state index in [4.69, 9.17) is 19.4 Å². The summed E-state index contributed by atoms with van der Waals surface area (Å²) in [5.74, 6) is -0.510. The van der Waals surface area contributed by atoms with Crippen LogP contribution in [0.15, 0.2) is 18.3 Å². The minimum absolute atomic E-state index is 0.323. The van der Waals surface area contributed by atoms with E-state index in [1.165, 1.54) is 6.20 Å². The molecule has 9 heteroatoms. The standard InChI is InChI=1S/C15H23N3O4.C2H4O2/c1-14(2,3)21-12(19)17-10-7-8-11(16-9-10)18-13(20)22-15(4,5)6;1-2(3)4/h7-9H,1-6H3,(H,17,19)(H,16,18,20);1H3,(H,3,4). The molecule has 0 aliphatic carbocycles. The first-order valence-electron chi connectivity index (χ1n) is 7.83. The lowest BCUT2D eigenvalue weighted by molar-refractivity contribution is -0.134. The maximum absolute atomic E-state index is 11.6. The molecule has 26 heavy (non-hydrogen) atoms. The Morgan fingerprint density at radius 3 is 1.69 bits per heavy atom. The maximum atomic E-state index is 11.6. The largest absolute Gasteiger partial charge is 0.481 e. The quantitative estimate of drug-likeness (QED) is 0.722. The van der Waals surface area contributed by atoms with Crippen molar-refractivity contribution >= 4 is 29.7 Å². The first kappa shape index (κ1) is 23.2. The summed E-state index contributed by atoms with van der Waals surface area (Å²) in [5, 5.41) is 12.5. The molecule has 1 heterocycles. The number of rotatable bonds is 2. The lowest BCUT2D eigenvalue weighted by Crippen LogP contribution is -2.28. The molecule has 0 aromatic carbocycles. The fourth-order valence-electron chi connectivity index (χ4n) is 1.37. The molecule has 0 saturated carbocycles. The highest BCUT2D eigenvalue weighted by Crippen LogP contribution is 2.14. The van der Waals surface area contributed by atoms with Gasteiger partial charge in [-0.1, -0.05) is 0 Å². The molecule has 0 radical (unpaired) electrons. The van der Waals surface area contributed by atoms with Crippen LogP contribution in [0.25, 0.3) is 0 Å². The Kier molecular flexibility index (Phi) is 8.55. The zero-order chi connectivity index (χ0) is 20.5. The first-order chi connectivity index (χ1) is 11.7. The molecule has 0 atom stereocenters. The van der Waals surface area contributed by atoms with E-state index >= 15 is 0 Å². The van der Waals surface area contributed by atoms with Crippen molar-refractivity contribution in [2.45, 2.75) is 59.7 Å². The van der Waals surface area contributed by atoms with Crippen LogP contribution in [0.5, 0.6) is 0 Å². The van der Waals surface area contributed by atoms with Gasteiger partial charge in [0.15, 0.2) is 0 Å². The number of nitrogens with zero attached hydrogens (tertiary/aromatic N) is 1. The van der Waals surface area contributed by atoms with Gasteiger partial charge in [-0.25, -0.2) is 14.6 Å². The van der Waals surface area contributed by atoms with Crippen LogP contribution in [-0.2, 0) is 14.3 Å². The van der Waals surface area contributed by atoms with Gasteiger partial charge in [0.1, 0.15) is 17.0 Å². The smallest absolute Gasteiger partial charge is 0.413 e. The molecule has 146 valence electrons. The molecular formula is C17H27N3O6. The van der Waals surface area contributed by atoms with Crippen LogP contribution in [0.2, 0.25) is 0 Å². The van der Waals surface area contributed by atoms with Crippen molar-refractivity contribution in [1.82, 2.24) is 4.98 Å². The summed E-state index contributed by atoms with van der Waals surface area (Å²) in [6, 6.07) is 3.15. The number of carboxylic acid groups (broad SMARTS) is 1. The Morgan fingerprint density at radius 1 is 0.923 bits per heavy atom. The SMILES string of the molecule is CC(=O)O.CC(C)(C)OC(=O)Nc1ccc(NC(=O)OC(C)(C)C)nc1. The van der Waals surface area contributed by atoms with Gasteiger partial charge in [0, 0.05) is 6.92 Å². The van der Waals surface area contributed by atoms with Gasteiger partial charge >= 0.3 is 12.2 Å². The summed E-state index contributed by atoms with van der Waals surface area (Å²) < 4.78 is 10.2. The van der Waals surface area contributed by atoms with Crippen LogP contribution in [0.1, 0.15) is 48.5 Å². The zero-order valence-corrected chi connectivity index (χ0v) is 16.2. The Labute approximate surface area is 153 Å². The molecule has 1 aromatic rings. The summed E-state index contributed by atoms with van der Waals surface area (Å²) in [7, 11) is 0. The van der Waals surface area contributed by atoms with Gasteiger partial charge in [-0.15, -0.1) is 0 Å². The third-order valence-corrected chi connectivity index (χ3v) is 2.04. The number of carbonyl (C=O) groups excluding carboxylic acids is 2. The molecule has 0 aliphatic heterocycles. The molecule has 0 aliphatic rings. The summed E-state index contributed by atoms with van der Waals surface area (Å²) in [5.41, 5.74) is -0.693. The van der Waals surface area contributed by atoms with Gasteiger partial charge in [-0.05, 0) is 53.7 Å².